The molecular formula is C11H21N3O. The second-order valence-electron chi connectivity index (χ2n) is 5.35. The SMILES string of the molecule is CN1CC2CCC(C1)N2C1CNCC1O. The minimum Gasteiger partial charge on any atom is -0.390 e. The minimum atomic E-state index is -0.156. The summed E-state index contributed by atoms with van der Waals surface area (Å²) < 4.78 is 0. The lowest BCUT2D eigenvalue weighted by Crippen LogP contribution is -2.58. The third-order valence-electron chi connectivity index (χ3n) is 4.26. The van der Waals surface area contributed by atoms with Crippen molar-refractivity contribution >= 4 is 0 Å². The highest BCUT2D eigenvalue weighted by Crippen LogP contribution is 2.32. The second-order valence-corrected chi connectivity index (χ2v) is 5.35. The highest BCUT2D eigenvalue weighted by Gasteiger charge is 2.45. The van der Waals surface area contributed by atoms with E-state index in [9.17, 15) is 5.11 Å². The smallest absolute Gasteiger partial charge is 0.0832 e. The number of hydrogen-bond donors (Lipinski definition) is 2. The Morgan fingerprint density at radius 3 is 2.33 bits per heavy atom. The van der Waals surface area contributed by atoms with Crippen molar-refractivity contribution < 1.29 is 5.11 Å². The number of aliphatic hydroxyl groups is 1. The Labute approximate surface area is 91.2 Å². The predicted octanol–water partition coefficient (Wildman–Crippen LogP) is -0.902. The van der Waals surface area contributed by atoms with Crippen LogP contribution in [0, 0.1) is 0 Å². The van der Waals surface area contributed by atoms with Gasteiger partial charge in [0.15, 0.2) is 0 Å². The Balaban J connectivity index is 1.76. The molecule has 3 aliphatic heterocycles. The molecule has 0 aromatic heterocycles. The highest BCUT2D eigenvalue weighted by atomic mass is 16.3. The zero-order valence-corrected chi connectivity index (χ0v) is 9.39. The van der Waals surface area contributed by atoms with Gasteiger partial charge in [-0.15, -0.1) is 0 Å². The number of rotatable bonds is 1. The number of likely N-dealkylation sites (N-methyl/N-ethyl adjacent to an activating group) is 1. The fraction of sp³-hybridized carbons (Fsp3) is 1.00. The average Bonchev–Trinajstić information content (AvgIpc) is 2.69. The molecule has 0 amide bonds. The molecule has 0 spiro atoms. The molecule has 2 bridgehead atoms. The number of β-amino-alcohol motifs (C(OH)–C–C–N with tert-alkyl or cyclic N) is 1. The third kappa shape index (κ3) is 1.60. The summed E-state index contributed by atoms with van der Waals surface area (Å²) >= 11 is 0. The first-order chi connectivity index (χ1) is 7.25. The Hall–Kier alpha value is -0.160. The van der Waals surface area contributed by atoms with Crippen molar-refractivity contribution in [1.29, 1.82) is 0 Å². The molecule has 3 heterocycles. The number of nitrogens with one attached hydrogen (secondary N) is 1. The lowest BCUT2D eigenvalue weighted by molar-refractivity contribution is 0.00539. The van der Waals surface area contributed by atoms with Crippen molar-refractivity contribution in [2.45, 2.75) is 37.1 Å². The van der Waals surface area contributed by atoms with Gasteiger partial charge in [0.25, 0.3) is 0 Å². The summed E-state index contributed by atoms with van der Waals surface area (Å²) in [6.45, 7) is 4.10. The van der Waals surface area contributed by atoms with Crippen LogP contribution in [-0.4, -0.2) is 72.4 Å². The molecule has 0 saturated carbocycles. The van der Waals surface area contributed by atoms with Crippen LogP contribution in [0.4, 0.5) is 0 Å². The topological polar surface area (TPSA) is 38.7 Å². The largest absolute Gasteiger partial charge is 0.390 e. The van der Waals surface area contributed by atoms with E-state index in [2.05, 4.69) is 22.2 Å². The average molecular weight is 211 g/mol. The van der Waals surface area contributed by atoms with Gasteiger partial charge in [0.05, 0.1) is 6.10 Å². The first kappa shape index (κ1) is 10.0. The molecule has 0 radical (unpaired) electrons. The predicted molar refractivity (Wildman–Crippen MR) is 58.8 cm³/mol. The fourth-order valence-electron chi connectivity index (χ4n) is 3.64. The minimum absolute atomic E-state index is 0.156. The Bertz CT molecular complexity index is 234. The van der Waals surface area contributed by atoms with E-state index in [-0.39, 0.29) is 6.10 Å². The summed E-state index contributed by atoms with van der Waals surface area (Å²) in [5, 5.41) is 13.2. The molecule has 4 heteroatoms. The van der Waals surface area contributed by atoms with Crippen LogP contribution in [0.1, 0.15) is 12.8 Å². The number of hydrogen-bond acceptors (Lipinski definition) is 4. The molecule has 15 heavy (non-hydrogen) atoms. The van der Waals surface area contributed by atoms with Gasteiger partial charge in [0.1, 0.15) is 0 Å². The highest BCUT2D eigenvalue weighted by molar-refractivity contribution is 5.02. The first-order valence-electron chi connectivity index (χ1n) is 6.10. The van der Waals surface area contributed by atoms with Gasteiger partial charge >= 0.3 is 0 Å². The maximum absolute atomic E-state index is 9.95. The van der Waals surface area contributed by atoms with Crippen LogP contribution in [0.5, 0.6) is 0 Å². The monoisotopic (exact) mass is 211 g/mol. The van der Waals surface area contributed by atoms with Crippen molar-refractivity contribution in [3.63, 3.8) is 0 Å². The quantitative estimate of drug-likeness (QED) is 0.589. The normalized spacial score (nSPS) is 47.6. The summed E-state index contributed by atoms with van der Waals surface area (Å²) in [5.74, 6) is 0. The van der Waals surface area contributed by atoms with Crippen molar-refractivity contribution in [1.82, 2.24) is 15.1 Å². The van der Waals surface area contributed by atoms with E-state index in [1.807, 2.05) is 0 Å². The number of piperazine rings is 1. The van der Waals surface area contributed by atoms with Gasteiger partial charge in [0, 0.05) is 44.3 Å². The van der Waals surface area contributed by atoms with Crippen LogP contribution in [0.25, 0.3) is 0 Å². The lowest BCUT2D eigenvalue weighted by Gasteiger charge is -2.43. The van der Waals surface area contributed by atoms with Gasteiger partial charge < -0.3 is 15.3 Å². The summed E-state index contributed by atoms with van der Waals surface area (Å²) in [6, 6.07) is 1.75. The van der Waals surface area contributed by atoms with Crippen molar-refractivity contribution in [3.05, 3.63) is 0 Å². The van der Waals surface area contributed by atoms with Gasteiger partial charge in [0.2, 0.25) is 0 Å². The van der Waals surface area contributed by atoms with Gasteiger partial charge in [-0.3, -0.25) is 4.90 Å². The molecule has 3 saturated heterocycles. The fourth-order valence-corrected chi connectivity index (χ4v) is 3.64. The third-order valence-corrected chi connectivity index (χ3v) is 4.26. The van der Waals surface area contributed by atoms with Crippen LogP contribution >= 0.6 is 0 Å². The molecule has 0 aliphatic carbocycles. The van der Waals surface area contributed by atoms with E-state index in [0.29, 0.717) is 18.1 Å². The van der Waals surface area contributed by atoms with Crippen LogP contribution in [0.2, 0.25) is 0 Å². The zero-order chi connectivity index (χ0) is 10.4. The molecule has 4 unspecified atom stereocenters. The van der Waals surface area contributed by atoms with E-state index < -0.39 is 0 Å². The molecule has 0 aromatic rings. The van der Waals surface area contributed by atoms with E-state index in [1.54, 1.807) is 0 Å². The van der Waals surface area contributed by atoms with E-state index in [0.717, 1.165) is 13.1 Å². The maximum atomic E-state index is 9.95. The number of likely N-dealkylation sites (tertiary alicyclic amines) is 1. The van der Waals surface area contributed by atoms with E-state index in [4.69, 9.17) is 0 Å². The molecule has 86 valence electrons. The Kier molecular flexibility index (Phi) is 2.47. The zero-order valence-electron chi connectivity index (χ0n) is 9.39. The number of fused-ring (bicyclic) bond motifs is 2. The lowest BCUT2D eigenvalue weighted by atomic mass is 10.1. The molecule has 3 fully saturated rings. The molecule has 0 aromatic carbocycles. The van der Waals surface area contributed by atoms with Crippen molar-refractivity contribution in [2.75, 3.05) is 33.2 Å². The Morgan fingerprint density at radius 2 is 1.80 bits per heavy atom. The number of aliphatic hydroxyl groups excluding tert-OH is 1. The Morgan fingerprint density at radius 1 is 1.13 bits per heavy atom. The second kappa shape index (κ2) is 3.70. The van der Waals surface area contributed by atoms with Crippen LogP contribution in [0.15, 0.2) is 0 Å². The van der Waals surface area contributed by atoms with Gasteiger partial charge in [-0.2, -0.15) is 0 Å². The summed E-state index contributed by atoms with van der Waals surface area (Å²) in [6.07, 6.45) is 2.48. The van der Waals surface area contributed by atoms with Gasteiger partial charge in [-0.05, 0) is 19.9 Å². The summed E-state index contributed by atoms with van der Waals surface area (Å²) in [5.41, 5.74) is 0. The molecule has 3 aliphatic rings. The number of nitrogens with zero attached hydrogens (tertiary/aromatic N) is 2. The van der Waals surface area contributed by atoms with Crippen LogP contribution in [0.3, 0.4) is 0 Å². The molecular weight excluding hydrogens is 190 g/mol. The van der Waals surface area contributed by atoms with Crippen molar-refractivity contribution in [2.24, 2.45) is 0 Å². The van der Waals surface area contributed by atoms with Gasteiger partial charge in [-0.25, -0.2) is 0 Å². The van der Waals surface area contributed by atoms with Gasteiger partial charge in [-0.1, -0.05) is 0 Å². The summed E-state index contributed by atoms with van der Waals surface area (Å²) in [4.78, 5) is 5.04. The summed E-state index contributed by atoms with van der Waals surface area (Å²) in [7, 11) is 2.21. The molecule has 4 nitrogen and oxygen atoms in total. The maximum Gasteiger partial charge on any atom is 0.0832 e. The van der Waals surface area contributed by atoms with E-state index in [1.165, 1.54) is 25.9 Å². The first-order valence-corrected chi connectivity index (χ1v) is 6.10. The molecule has 2 N–H and O–H groups in total. The van der Waals surface area contributed by atoms with E-state index >= 15 is 0 Å². The standard InChI is InChI=1S/C11H21N3O/c1-13-6-8-2-3-9(7-13)14(8)10-4-12-5-11(10)15/h8-12,15H,2-7H2,1H3. The van der Waals surface area contributed by atoms with Crippen LogP contribution in [-0.2, 0) is 0 Å². The van der Waals surface area contributed by atoms with Crippen molar-refractivity contribution in [3.8, 4) is 0 Å². The van der Waals surface area contributed by atoms with Crippen LogP contribution < -0.4 is 5.32 Å². The molecule has 3 rings (SSSR count). The molecule has 4 atom stereocenters.